The first-order chi connectivity index (χ1) is 9.79. The van der Waals surface area contributed by atoms with Crippen LogP contribution in [0, 0.1) is 0 Å². The summed E-state index contributed by atoms with van der Waals surface area (Å²) >= 11 is 6.05. The number of pyridine rings is 1. The molecular weight excluding hydrogens is 270 g/mol. The summed E-state index contributed by atoms with van der Waals surface area (Å²) in [6.07, 6.45) is 7.01. The summed E-state index contributed by atoms with van der Waals surface area (Å²) < 4.78 is 2.10. The molecule has 0 spiro atoms. The fourth-order valence-electron chi connectivity index (χ4n) is 2.39. The second-order valence-electron chi connectivity index (χ2n) is 4.68. The molecule has 0 atom stereocenters. The van der Waals surface area contributed by atoms with Gasteiger partial charge in [0.1, 0.15) is 0 Å². The van der Waals surface area contributed by atoms with Crippen molar-refractivity contribution in [2.75, 3.05) is 11.6 Å². The van der Waals surface area contributed by atoms with Gasteiger partial charge >= 0.3 is 0 Å². The molecular formula is C16H16ClN3. The molecule has 102 valence electrons. The third kappa shape index (κ3) is 2.37. The van der Waals surface area contributed by atoms with Gasteiger partial charge in [-0.15, -0.1) is 0 Å². The SMILES string of the molecule is CCCN(c1ccnc2cc(Cl)ccc12)n1cccc1. The molecule has 1 aromatic carbocycles. The Hall–Kier alpha value is -2.00. The Morgan fingerprint density at radius 2 is 2.00 bits per heavy atom. The zero-order valence-electron chi connectivity index (χ0n) is 11.3. The Bertz CT molecular complexity index is 707. The fourth-order valence-corrected chi connectivity index (χ4v) is 2.56. The molecule has 0 aliphatic heterocycles. The van der Waals surface area contributed by atoms with Crippen molar-refractivity contribution in [2.24, 2.45) is 0 Å². The van der Waals surface area contributed by atoms with Gasteiger partial charge in [0.05, 0.1) is 11.2 Å². The molecule has 0 aliphatic carbocycles. The monoisotopic (exact) mass is 285 g/mol. The van der Waals surface area contributed by atoms with Crippen molar-refractivity contribution in [1.82, 2.24) is 9.66 Å². The number of rotatable bonds is 4. The largest absolute Gasteiger partial charge is 0.281 e. The van der Waals surface area contributed by atoms with Crippen LogP contribution in [0.15, 0.2) is 55.0 Å². The number of hydrogen-bond donors (Lipinski definition) is 0. The molecule has 0 unspecified atom stereocenters. The van der Waals surface area contributed by atoms with Gasteiger partial charge in [0.2, 0.25) is 0 Å². The molecule has 0 aliphatic rings. The molecule has 2 aromatic heterocycles. The molecule has 0 radical (unpaired) electrons. The maximum atomic E-state index is 6.05. The minimum atomic E-state index is 0.713. The van der Waals surface area contributed by atoms with Crippen molar-refractivity contribution in [1.29, 1.82) is 0 Å². The van der Waals surface area contributed by atoms with Crippen LogP contribution in [0.25, 0.3) is 10.9 Å². The summed E-state index contributed by atoms with van der Waals surface area (Å²) in [5, 5.41) is 4.07. The van der Waals surface area contributed by atoms with E-state index in [1.807, 2.05) is 42.6 Å². The number of aromatic nitrogens is 2. The van der Waals surface area contributed by atoms with Crippen LogP contribution in [-0.2, 0) is 0 Å². The predicted molar refractivity (Wildman–Crippen MR) is 84.2 cm³/mol. The number of hydrogen-bond acceptors (Lipinski definition) is 2. The quantitative estimate of drug-likeness (QED) is 0.710. The molecule has 0 saturated heterocycles. The van der Waals surface area contributed by atoms with Crippen LogP contribution in [0.3, 0.4) is 0 Å². The molecule has 20 heavy (non-hydrogen) atoms. The summed E-state index contributed by atoms with van der Waals surface area (Å²) in [7, 11) is 0. The summed E-state index contributed by atoms with van der Waals surface area (Å²) in [5.74, 6) is 0. The molecule has 3 nitrogen and oxygen atoms in total. The molecule has 0 N–H and O–H groups in total. The van der Waals surface area contributed by atoms with Gasteiger partial charge in [-0.25, -0.2) is 0 Å². The van der Waals surface area contributed by atoms with E-state index in [2.05, 4.69) is 34.0 Å². The van der Waals surface area contributed by atoms with Crippen molar-refractivity contribution >= 4 is 28.2 Å². The first kappa shape index (κ1) is 13.0. The second kappa shape index (κ2) is 5.55. The summed E-state index contributed by atoms with van der Waals surface area (Å²) in [4.78, 5) is 4.41. The number of anilines is 1. The Balaban J connectivity index is 2.16. The molecule has 0 amide bonds. The number of fused-ring (bicyclic) bond motifs is 1. The number of benzene rings is 1. The van der Waals surface area contributed by atoms with E-state index in [1.54, 1.807) is 0 Å². The average molecular weight is 286 g/mol. The van der Waals surface area contributed by atoms with Crippen LogP contribution in [0.5, 0.6) is 0 Å². The van der Waals surface area contributed by atoms with Crippen molar-refractivity contribution in [3.05, 3.63) is 60.0 Å². The van der Waals surface area contributed by atoms with Crippen LogP contribution in [-0.4, -0.2) is 16.2 Å². The Morgan fingerprint density at radius 1 is 1.20 bits per heavy atom. The van der Waals surface area contributed by atoms with Gasteiger partial charge < -0.3 is 0 Å². The minimum Gasteiger partial charge on any atom is -0.281 e. The van der Waals surface area contributed by atoms with E-state index in [4.69, 9.17) is 11.6 Å². The van der Waals surface area contributed by atoms with Crippen molar-refractivity contribution in [2.45, 2.75) is 13.3 Å². The van der Waals surface area contributed by atoms with Gasteiger partial charge in [0, 0.05) is 35.5 Å². The smallest absolute Gasteiger partial charge is 0.0738 e. The molecule has 4 heteroatoms. The Morgan fingerprint density at radius 3 is 2.75 bits per heavy atom. The van der Waals surface area contributed by atoms with Crippen molar-refractivity contribution in [3.63, 3.8) is 0 Å². The lowest BCUT2D eigenvalue weighted by molar-refractivity contribution is 0.681. The zero-order chi connectivity index (χ0) is 13.9. The van der Waals surface area contributed by atoms with E-state index >= 15 is 0 Å². The average Bonchev–Trinajstić information content (AvgIpc) is 2.98. The van der Waals surface area contributed by atoms with Crippen LogP contribution >= 0.6 is 11.6 Å². The van der Waals surface area contributed by atoms with Crippen LogP contribution in [0.4, 0.5) is 5.69 Å². The van der Waals surface area contributed by atoms with Gasteiger partial charge in [-0.05, 0) is 42.8 Å². The molecule has 2 heterocycles. The van der Waals surface area contributed by atoms with E-state index in [1.165, 1.54) is 0 Å². The van der Waals surface area contributed by atoms with Gasteiger partial charge in [-0.1, -0.05) is 18.5 Å². The summed E-state index contributed by atoms with van der Waals surface area (Å²) in [6.45, 7) is 3.12. The van der Waals surface area contributed by atoms with E-state index in [9.17, 15) is 0 Å². The lowest BCUT2D eigenvalue weighted by Crippen LogP contribution is -2.29. The topological polar surface area (TPSA) is 21.1 Å². The highest BCUT2D eigenvalue weighted by atomic mass is 35.5. The fraction of sp³-hybridized carbons (Fsp3) is 0.188. The first-order valence-electron chi connectivity index (χ1n) is 6.74. The van der Waals surface area contributed by atoms with E-state index in [0.717, 1.165) is 29.6 Å². The number of halogens is 1. The second-order valence-corrected chi connectivity index (χ2v) is 5.11. The van der Waals surface area contributed by atoms with Crippen molar-refractivity contribution < 1.29 is 0 Å². The molecule has 3 aromatic rings. The third-order valence-corrected chi connectivity index (χ3v) is 3.50. The maximum absolute atomic E-state index is 6.05. The zero-order valence-corrected chi connectivity index (χ0v) is 12.1. The van der Waals surface area contributed by atoms with Crippen molar-refractivity contribution in [3.8, 4) is 0 Å². The summed E-state index contributed by atoms with van der Waals surface area (Å²) in [5.41, 5.74) is 2.06. The van der Waals surface area contributed by atoms with Crippen LogP contribution in [0.1, 0.15) is 13.3 Å². The lowest BCUT2D eigenvalue weighted by Gasteiger charge is -2.26. The standard InChI is InChI=1S/C16H16ClN3/c1-2-9-20(19-10-3-4-11-19)16-7-8-18-15-12-13(17)5-6-14(15)16/h3-8,10-12H,2,9H2,1H3. The molecule has 3 rings (SSSR count). The maximum Gasteiger partial charge on any atom is 0.0738 e. The first-order valence-corrected chi connectivity index (χ1v) is 7.12. The highest BCUT2D eigenvalue weighted by Crippen LogP contribution is 2.28. The van der Waals surface area contributed by atoms with Gasteiger partial charge in [-0.2, -0.15) is 0 Å². The van der Waals surface area contributed by atoms with Gasteiger partial charge in [0.25, 0.3) is 0 Å². The normalized spacial score (nSPS) is 10.9. The van der Waals surface area contributed by atoms with E-state index in [0.29, 0.717) is 5.02 Å². The molecule has 0 bridgehead atoms. The Labute approximate surface area is 123 Å². The molecule has 0 saturated carbocycles. The number of nitrogens with zero attached hydrogens (tertiary/aromatic N) is 3. The Kier molecular flexibility index (Phi) is 3.61. The van der Waals surface area contributed by atoms with Crippen LogP contribution in [0.2, 0.25) is 5.02 Å². The van der Waals surface area contributed by atoms with Crippen LogP contribution < -0.4 is 5.01 Å². The van der Waals surface area contributed by atoms with Gasteiger partial charge in [0.15, 0.2) is 0 Å². The van der Waals surface area contributed by atoms with Gasteiger partial charge in [-0.3, -0.25) is 14.7 Å². The van der Waals surface area contributed by atoms with E-state index in [-0.39, 0.29) is 0 Å². The minimum absolute atomic E-state index is 0.713. The highest BCUT2D eigenvalue weighted by molar-refractivity contribution is 6.31. The molecule has 0 fully saturated rings. The summed E-state index contributed by atoms with van der Waals surface area (Å²) in [6, 6.07) is 12.0. The highest BCUT2D eigenvalue weighted by Gasteiger charge is 2.11. The van der Waals surface area contributed by atoms with E-state index < -0.39 is 0 Å². The third-order valence-electron chi connectivity index (χ3n) is 3.26. The lowest BCUT2D eigenvalue weighted by atomic mass is 10.2. The predicted octanol–water partition coefficient (Wildman–Crippen LogP) is 4.37.